The molecule has 0 saturated carbocycles. The number of sulfonamides is 1. The van der Waals surface area contributed by atoms with Crippen LogP contribution in [0.3, 0.4) is 0 Å². The van der Waals surface area contributed by atoms with E-state index < -0.39 is 10.0 Å². The van der Waals surface area contributed by atoms with Crippen LogP contribution in [-0.4, -0.2) is 20.9 Å². The fourth-order valence-electron chi connectivity index (χ4n) is 2.45. The lowest BCUT2D eigenvalue weighted by Gasteiger charge is -2.13. The molecule has 0 aliphatic rings. The van der Waals surface area contributed by atoms with Gasteiger partial charge in [0.2, 0.25) is 15.9 Å². The first-order valence-electron chi connectivity index (χ1n) is 7.42. The molecule has 0 heterocycles. The highest BCUT2D eigenvalue weighted by Crippen LogP contribution is 2.20. The maximum absolute atomic E-state index is 12.1. The van der Waals surface area contributed by atoms with Crippen LogP contribution in [0, 0.1) is 20.8 Å². The van der Waals surface area contributed by atoms with Gasteiger partial charge in [-0.05, 0) is 49.6 Å². The maximum Gasteiger partial charge on any atom is 0.243 e. The average Bonchev–Trinajstić information content (AvgIpc) is 2.47. The van der Waals surface area contributed by atoms with Crippen LogP contribution in [0.5, 0.6) is 0 Å². The van der Waals surface area contributed by atoms with Gasteiger partial charge in [-0.2, -0.15) is 0 Å². The van der Waals surface area contributed by atoms with Gasteiger partial charge < -0.3 is 10.6 Å². The van der Waals surface area contributed by atoms with E-state index in [1.807, 2.05) is 32.0 Å². The fourth-order valence-corrected chi connectivity index (χ4v) is 3.26. The molecule has 0 bridgehead atoms. The molecule has 7 heteroatoms. The number of para-hydroxylation sites is 1. The molecule has 128 valence electrons. The number of amides is 1. The summed E-state index contributed by atoms with van der Waals surface area (Å²) in [6, 6.07) is 10.5. The van der Waals surface area contributed by atoms with Crippen molar-refractivity contribution in [3.8, 4) is 0 Å². The number of benzene rings is 2. The molecule has 6 nitrogen and oxygen atoms in total. The van der Waals surface area contributed by atoms with Gasteiger partial charge in [-0.15, -0.1) is 0 Å². The lowest BCUT2D eigenvalue weighted by Crippen LogP contribution is -2.23. The molecule has 0 unspecified atom stereocenters. The molecule has 2 rings (SSSR count). The van der Waals surface area contributed by atoms with E-state index in [9.17, 15) is 13.2 Å². The number of nitrogens with one attached hydrogen (secondary N) is 2. The Balaban J connectivity index is 2.08. The zero-order chi connectivity index (χ0) is 17.9. The second-order valence-corrected chi connectivity index (χ2v) is 7.22. The first-order valence-corrected chi connectivity index (χ1v) is 8.96. The SMILES string of the molecule is Cc1ccc(NC(=O)CNc2c(C)cccc2C)cc1S(N)(=O)=O. The minimum absolute atomic E-state index is 0.00278. The van der Waals surface area contributed by atoms with Gasteiger partial charge in [0.15, 0.2) is 0 Å². The molecule has 0 fully saturated rings. The average molecular weight is 347 g/mol. The lowest BCUT2D eigenvalue weighted by molar-refractivity contribution is -0.114. The van der Waals surface area contributed by atoms with Gasteiger partial charge >= 0.3 is 0 Å². The second kappa shape index (κ2) is 7.02. The number of carbonyl (C=O) groups is 1. The molecule has 24 heavy (non-hydrogen) atoms. The van der Waals surface area contributed by atoms with E-state index in [-0.39, 0.29) is 17.3 Å². The molecular weight excluding hydrogens is 326 g/mol. The summed E-state index contributed by atoms with van der Waals surface area (Å²) in [5.74, 6) is -0.276. The highest BCUT2D eigenvalue weighted by Gasteiger charge is 2.13. The third-order valence-electron chi connectivity index (χ3n) is 3.69. The number of hydrogen-bond donors (Lipinski definition) is 3. The van der Waals surface area contributed by atoms with Crippen molar-refractivity contribution in [1.82, 2.24) is 0 Å². The van der Waals surface area contributed by atoms with Crippen LogP contribution in [0.4, 0.5) is 11.4 Å². The largest absolute Gasteiger partial charge is 0.376 e. The van der Waals surface area contributed by atoms with Crippen molar-refractivity contribution in [1.29, 1.82) is 0 Å². The summed E-state index contributed by atoms with van der Waals surface area (Å²) >= 11 is 0. The normalized spacial score (nSPS) is 11.2. The van der Waals surface area contributed by atoms with E-state index in [0.717, 1.165) is 16.8 Å². The Morgan fingerprint density at radius 3 is 2.25 bits per heavy atom. The van der Waals surface area contributed by atoms with Crippen molar-refractivity contribution in [2.45, 2.75) is 25.7 Å². The minimum atomic E-state index is -3.83. The summed E-state index contributed by atoms with van der Waals surface area (Å²) in [7, 11) is -3.83. The molecule has 0 radical (unpaired) electrons. The molecule has 0 atom stereocenters. The molecule has 0 aromatic heterocycles. The number of aryl methyl sites for hydroxylation is 3. The summed E-state index contributed by atoms with van der Waals surface area (Å²) < 4.78 is 23.1. The van der Waals surface area contributed by atoms with Gasteiger partial charge in [0, 0.05) is 11.4 Å². The number of carbonyl (C=O) groups excluding carboxylic acids is 1. The van der Waals surface area contributed by atoms with E-state index in [1.54, 1.807) is 19.1 Å². The van der Waals surface area contributed by atoms with E-state index in [4.69, 9.17) is 5.14 Å². The summed E-state index contributed by atoms with van der Waals surface area (Å²) in [6.45, 7) is 5.65. The topological polar surface area (TPSA) is 101 Å². The van der Waals surface area contributed by atoms with Crippen LogP contribution >= 0.6 is 0 Å². The Kier molecular flexibility index (Phi) is 5.26. The van der Waals surface area contributed by atoms with Gasteiger partial charge in [0.25, 0.3) is 0 Å². The number of rotatable bonds is 5. The number of hydrogen-bond acceptors (Lipinski definition) is 4. The maximum atomic E-state index is 12.1. The Morgan fingerprint density at radius 1 is 1.04 bits per heavy atom. The van der Waals surface area contributed by atoms with Gasteiger partial charge in [-0.1, -0.05) is 24.3 Å². The van der Waals surface area contributed by atoms with Crippen LogP contribution < -0.4 is 15.8 Å². The van der Waals surface area contributed by atoms with Crippen molar-refractivity contribution in [3.63, 3.8) is 0 Å². The molecule has 2 aromatic carbocycles. The van der Waals surface area contributed by atoms with Crippen molar-refractivity contribution >= 4 is 27.3 Å². The molecule has 2 aromatic rings. The standard InChI is InChI=1S/C17H21N3O3S/c1-11-7-8-14(9-15(11)24(18,22)23)20-16(21)10-19-17-12(2)5-4-6-13(17)3/h4-9,19H,10H2,1-3H3,(H,20,21)(H2,18,22,23). The number of primary sulfonamides is 1. The summed E-state index contributed by atoms with van der Waals surface area (Å²) in [6.07, 6.45) is 0. The first kappa shape index (κ1) is 18.0. The van der Waals surface area contributed by atoms with E-state index in [1.165, 1.54) is 6.07 Å². The zero-order valence-corrected chi connectivity index (χ0v) is 14.7. The predicted octanol–water partition coefficient (Wildman–Crippen LogP) is 2.31. The third kappa shape index (κ3) is 4.33. The Hall–Kier alpha value is -2.38. The number of nitrogens with two attached hydrogens (primary N) is 1. The van der Waals surface area contributed by atoms with Crippen molar-refractivity contribution in [2.75, 3.05) is 17.2 Å². The van der Waals surface area contributed by atoms with Crippen LogP contribution in [0.25, 0.3) is 0 Å². The highest BCUT2D eigenvalue weighted by atomic mass is 32.2. The molecular formula is C17H21N3O3S. The molecule has 4 N–H and O–H groups in total. The van der Waals surface area contributed by atoms with Crippen molar-refractivity contribution < 1.29 is 13.2 Å². The fraction of sp³-hybridized carbons (Fsp3) is 0.235. The van der Waals surface area contributed by atoms with Crippen LogP contribution in [-0.2, 0) is 14.8 Å². The summed E-state index contributed by atoms with van der Waals surface area (Å²) in [4.78, 5) is 12.1. The van der Waals surface area contributed by atoms with Gasteiger partial charge in [-0.25, -0.2) is 13.6 Å². The first-order chi connectivity index (χ1) is 11.2. The Bertz CT molecular complexity index is 856. The van der Waals surface area contributed by atoms with Gasteiger partial charge in [0.1, 0.15) is 0 Å². The van der Waals surface area contributed by atoms with Gasteiger partial charge in [0.05, 0.1) is 11.4 Å². The summed E-state index contributed by atoms with van der Waals surface area (Å²) in [5, 5.41) is 10.9. The molecule has 0 spiro atoms. The highest BCUT2D eigenvalue weighted by molar-refractivity contribution is 7.89. The molecule has 0 aliphatic heterocycles. The molecule has 0 aliphatic carbocycles. The van der Waals surface area contributed by atoms with Crippen LogP contribution in [0.1, 0.15) is 16.7 Å². The van der Waals surface area contributed by atoms with Gasteiger partial charge in [-0.3, -0.25) is 4.79 Å². The van der Waals surface area contributed by atoms with Crippen molar-refractivity contribution in [2.24, 2.45) is 5.14 Å². The van der Waals surface area contributed by atoms with Crippen molar-refractivity contribution in [3.05, 3.63) is 53.1 Å². The lowest BCUT2D eigenvalue weighted by atomic mass is 10.1. The second-order valence-electron chi connectivity index (χ2n) is 5.69. The van der Waals surface area contributed by atoms with Crippen LogP contribution in [0.15, 0.2) is 41.3 Å². The van der Waals surface area contributed by atoms with E-state index >= 15 is 0 Å². The zero-order valence-electron chi connectivity index (χ0n) is 13.9. The van der Waals surface area contributed by atoms with E-state index in [2.05, 4.69) is 10.6 Å². The smallest absolute Gasteiger partial charge is 0.243 e. The molecule has 0 saturated heterocycles. The molecule has 1 amide bonds. The minimum Gasteiger partial charge on any atom is -0.376 e. The Labute approximate surface area is 142 Å². The number of anilines is 2. The Morgan fingerprint density at radius 2 is 1.67 bits per heavy atom. The third-order valence-corrected chi connectivity index (χ3v) is 4.74. The predicted molar refractivity (Wildman–Crippen MR) is 95.6 cm³/mol. The quantitative estimate of drug-likeness (QED) is 0.772. The monoisotopic (exact) mass is 347 g/mol. The van der Waals surface area contributed by atoms with E-state index in [0.29, 0.717) is 11.3 Å². The summed E-state index contributed by atoms with van der Waals surface area (Å²) in [5.41, 5.74) is 3.94. The van der Waals surface area contributed by atoms with Crippen LogP contribution in [0.2, 0.25) is 0 Å².